The van der Waals surface area contributed by atoms with Gasteiger partial charge in [-0.25, -0.2) is 9.97 Å². The molecule has 0 aliphatic carbocycles. The van der Waals surface area contributed by atoms with Gasteiger partial charge in [0.2, 0.25) is 5.95 Å². The molecule has 0 atom stereocenters. The number of nitrogens with one attached hydrogen (secondary N) is 1. The molecule has 0 saturated heterocycles. The van der Waals surface area contributed by atoms with Gasteiger partial charge in [-0.05, 0) is 24.3 Å². The Morgan fingerprint density at radius 3 is 2.85 bits per heavy atom. The van der Waals surface area contributed by atoms with Crippen molar-refractivity contribution in [2.75, 3.05) is 5.32 Å². The van der Waals surface area contributed by atoms with E-state index in [0.717, 1.165) is 10.8 Å². The quantitative estimate of drug-likeness (QED) is 0.734. The summed E-state index contributed by atoms with van der Waals surface area (Å²) >= 11 is 7.54. The molecule has 0 saturated carbocycles. The van der Waals surface area contributed by atoms with Gasteiger partial charge in [0.05, 0.1) is 26.5 Å². The second kappa shape index (κ2) is 5.15. The average Bonchev–Trinajstić information content (AvgIpc) is 2.91. The van der Waals surface area contributed by atoms with E-state index in [4.69, 9.17) is 11.6 Å². The summed E-state index contributed by atoms with van der Waals surface area (Å²) in [5.41, 5.74) is 3.00. The molecule has 0 aliphatic heterocycles. The number of hydrogen-bond donors (Lipinski definition) is 1. The first-order valence-electron chi connectivity index (χ1n) is 5.60. The molecule has 0 aliphatic rings. The Balaban J connectivity index is 1.96. The van der Waals surface area contributed by atoms with Crippen LogP contribution in [0.3, 0.4) is 0 Å². The Kier molecular flexibility index (Phi) is 3.33. The number of amides is 1. The van der Waals surface area contributed by atoms with Gasteiger partial charge in [0, 0.05) is 6.20 Å². The average molecular weight is 308 g/mol. The Labute approximate surface area is 122 Å². The highest BCUT2D eigenvalue weighted by atomic mass is 35.5. The van der Waals surface area contributed by atoms with Crippen LogP contribution in [0.1, 0.15) is 10.4 Å². The third-order valence-corrected chi connectivity index (χ3v) is 3.79. The third-order valence-electron chi connectivity index (χ3n) is 2.68. The van der Waals surface area contributed by atoms with Crippen LogP contribution in [0.5, 0.6) is 0 Å². The summed E-state index contributed by atoms with van der Waals surface area (Å²) < 4.78 is 13.7. The molecular formula is C13H7ClFN3OS. The minimum Gasteiger partial charge on any atom is -0.319 e. The zero-order chi connectivity index (χ0) is 14.1. The number of pyridine rings is 1. The summed E-state index contributed by atoms with van der Waals surface area (Å²) in [5, 5.41) is 3.08. The molecule has 0 unspecified atom stereocenters. The summed E-state index contributed by atoms with van der Waals surface area (Å²) in [6, 6.07) is 6.01. The SMILES string of the molecule is O=C(Nc1c(Cl)ccc2scnc12)c1ccc(F)nc1. The number of anilines is 1. The highest BCUT2D eigenvalue weighted by Gasteiger charge is 2.13. The Morgan fingerprint density at radius 1 is 1.25 bits per heavy atom. The van der Waals surface area contributed by atoms with Gasteiger partial charge in [-0.15, -0.1) is 11.3 Å². The maximum absolute atomic E-state index is 12.7. The molecule has 3 rings (SSSR count). The summed E-state index contributed by atoms with van der Waals surface area (Å²) in [7, 11) is 0. The molecule has 100 valence electrons. The number of thiazole rings is 1. The lowest BCUT2D eigenvalue weighted by Crippen LogP contribution is -2.13. The Hall–Kier alpha value is -2.05. The van der Waals surface area contributed by atoms with E-state index in [1.54, 1.807) is 11.6 Å². The van der Waals surface area contributed by atoms with Crippen molar-refractivity contribution >= 4 is 44.7 Å². The van der Waals surface area contributed by atoms with Gasteiger partial charge in [0.15, 0.2) is 0 Å². The fourth-order valence-corrected chi connectivity index (χ4v) is 2.61. The molecule has 1 N–H and O–H groups in total. The Morgan fingerprint density at radius 2 is 2.10 bits per heavy atom. The maximum Gasteiger partial charge on any atom is 0.257 e. The fraction of sp³-hybridized carbons (Fsp3) is 0. The minimum atomic E-state index is -0.638. The van der Waals surface area contributed by atoms with Crippen LogP contribution in [0.4, 0.5) is 10.1 Å². The van der Waals surface area contributed by atoms with Gasteiger partial charge >= 0.3 is 0 Å². The van der Waals surface area contributed by atoms with E-state index in [1.165, 1.54) is 23.6 Å². The van der Waals surface area contributed by atoms with Crippen molar-refractivity contribution in [2.45, 2.75) is 0 Å². The molecule has 0 radical (unpaired) electrons. The molecule has 2 aromatic heterocycles. The second-order valence-electron chi connectivity index (χ2n) is 3.95. The van der Waals surface area contributed by atoms with Crippen LogP contribution < -0.4 is 5.32 Å². The fourth-order valence-electron chi connectivity index (χ4n) is 1.72. The molecule has 0 fully saturated rings. The van der Waals surface area contributed by atoms with Crippen molar-refractivity contribution < 1.29 is 9.18 Å². The van der Waals surface area contributed by atoms with E-state index >= 15 is 0 Å². The van der Waals surface area contributed by atoms with E-state index in [1.807, 2.05) is 6.07 Å². The van der Waals surface area contributed by atoms with Crippen LogP contribution in [-0.4, -0.2) is 15.9 Å². The van der Waals surface area contributed by atoms with Crippen LogP contribution in [0.25, 0.3) is 10.2 Å². The van der Waals surface area contributed by atoms with E-state index in [9.17, 15) is 9.18 Å². The maximum atomic E-state index is 12.7. The summed E-state index contributed by atoms with van der Waals surface area (Å²) in [6.45, 7) is 0. The predicted octanol–water partition coefficient (Wildman–Crippen LogP) is 3.74. The molecule has 0 bridgehead atoms. The molecule has 7 heteroatoms. The minimum absolute atomic E-state index is 0.245. The third kappa shape index (κ3) is 2.35. The topological polar surface area (TPSA) is 54.9 Å². The second-order valence-corrected chi connectivity index (χ2v) is 5.24. The van der Waals surface area contributed by atoms with Gasteiger partial charge < -0.3 is 5.32 Å². The summed E-state index contributed by atoms with van der Waals surface area (Å²) in [6.07, 6.45) is 1.17. The highest BCUT2D eigenvalue weighted by molar-refractivity contribution is 7.16. The molecule has 4 nitrogen and oxygen atoms in total. The normalized spacial score (nSPS) is 10.7. The monoisotopic (exact) mass is 307 g/mol. The molecule has 20 heavy (non-hydrogen) atoms. The van der Waals surface area contributed by atoms with E-state index < -0.39 is 11.9 Å². The van der Waals surface area contributed by atoms with Crippen molar-refractivity contribution in [1.29, 1.82) is 0 Å². The largest absolute Gasteiger partial charge is 0.319 e. The molecule has 1 aromatic carbocycles. The number of rotatable bonds is 2. The standard InChI is InChI=1S/C13H7ClFN3OS/c14-8-2-3-9-12(17-6-20-9)11(8)18-13(19)7-1-4-10(15)16-5-7/h1-6H,(H,18,19). The number of halogens is 2. The lowest BCUT2D eigenvalue weighted by molar-refractivity contribution is 0.102. The molecular weight excluding hydrogens is 301 g/mol. The Bertz CT molecular complexity index is 788. The van der Waals surface area contributed by atoms with Crippen LogP contribution in [0, 0.1) is 5.95 Å². The number of aromatic nitrogens is 2. The van der Waals surface area contributed by atoms with Crippen molar-refractivity contribution in [3.63, 3.8) is 0 Å². The van der Waals surface area contributed by atoms with E-state index in [2.05, 4.69) is 15.3 Å². The predicted molar refractivity (Wildman–Crippen MR) is 76.8 cm³/mol. The van der Waals surface area contributed by atoms with Gasteiger partial charge in [0.1, 0.15) is 5.52 Å². The highest BCUT2D eigenvalue weighted by Crippen LogP contribution is 2.32. The van der Waals surface area contributed by atoms with Crippen LogP contribution in [0.2, 0.25) is 5.02 Å². The van der Waals surface area contributed by atoms with E-state index in [0.29, 0.717) is 16.2 Å². The molecule has 3 aromatic rings. The number of hydrogen-bond acceptors (Lipinski definition) is 4. The number of carbonyl (C=O) groups is 1. The van der Waals surface area contributed by atoms with Crippen molar-refractivity contribution in [1.82, 2.24) is 9.97 Å². The van der Waals surface area contributed by atoms with Crippen molar-refractivity contribution in [3.05, 3.63) is 52.5 Å². The van der Waals surface area contributed by atoms with Crippen molar-refractivity contribution in [3.8, 4) is 0 Å². The molecule has 1 amide bonds. The van der Waals surface area contributed by atoms with Crippen LogP contribution >= 0.6 is 22.9 Å². The number of nitrogens with zero attached hydrogens (tertiary/aromatic N) is 2. The summed E-state index contributed by atoms with van der Waals surface area (Å²) in [4.78, 5) is 19.7. The first kappa shape index (κ1) is 13.0. The van der Waals surface area contributed by atoms with E-state index in [-0.39, 0.29) is 5.56 Å². The van der Waals surface area contributed by atoms with Gasteiger partial charge in [0.25, 0.3) is 5.91 Å². The number of fused-ring (bicyclic) bond motifs is 1. The van der Waals surface area contributed by atoms with Crippen LogP contribution in [-0.2, 0) is 0 Å². The van der Waals surface area contributed by atoms with Crippen molar-refractivity contribution in [2.24, 2.45) is 0 Å². The summed E-state index contributed by atoms with van der Waals surface area (Å²) in [5.74, 6) is -1.05. The lowest BCUT2D eigenvalue weighted by atomic mass is 10.2. The zero-order valence-corrected chi connectivity index (χ0v) is 11.5. The van der Waals surface area contributed by atoms with Gasteiger partial charge in [-0.3, -0.25) is 4.79 Å². The van der Waals surface area contributed by atoms with Gasteiger partial charge in [-0.1, -0.05) is 11.6 Å². The first-order chi connectivity index (χ1) is 9.65. The molecule has 2 heterocycles. The first-order valence-corrected chi connectivity index (χ1v) is 6.85. The molecule has 0 spiro atoms. The zero-order valence-electron chi connectivity index (χ0n) is 9.93. The number of carbonyl (C=O) groups excluding carboxylic acids is 1. The smallest absolute Gasteiger partial charge is 0.257 e. The number of benzene rings is 1. The van der Waals surface area contributed by atoms with Gasteiger partial charge in [-0.2, -0.15) is 4.39 Å². The van der Waals surface area contributed by atoms with Crippen LogP contribution in [0.15, 0.2) is 36.0 Å². The lowest BCUT2D eigenvalue weighted by Gasteiger charge is -2.07.